The molecule has 1 aromatic heterocycles. The number of hydrazine groups is 1. The second kappa shape index (κ2) is 4.39. The van der Waals surface area contributed by atoms with Gasteiger partial charge in [0, 0.05) is 15.1 Å². The number of carbonyl (C=O) groups is 1. The standard InChI is InChI=1S/C9H5Cl3N2OS/c10-3-1-4(11)6-5(2-3)16-8(7(6)12)9(15)14-13/h1-2H,13H2,(H,14,15). The third kappa shape index (κ3) is 1.87. The zero-order chi connectivity index (χ0) is 11.9. The Morgan fingerprint density at radius 1 is 1.31 bits per heavy atom. The van der Waals surface area contributed by atoms with Crippen LogP contribution in [0.3, 0.4) is 0 Å². The zero-order valence-corrected chi connectivity index (χ0v) is 10.8. The first-order valence-electron chi connectivity index (χ1n) is 4.12. The molecular weight excluding hydrogens is 291 g/mol. The van der Waals surface area contributed by atoms with E-state index in [4.69, 9.17) is 40.6 Å². The van der Waals surface area contributed by atoms with Gasteiger partial charge in [-0.2, -0.15) is 0 Å². The lowest BCUT2D eigenvalue weighted by Gasteiger charge is -1.96. The van der Waals surface area contributed by atoms with E-state index in [2.05, 4.69) is 0 Å². The van der Waals surface area contributed by atoms with Gasteiger partial charge in [0.25, 0.3) is 5.91 Å². The first kappa shape index (κ1) is 12.0. The molecule has 84 valence electrons. The molecule has 2 rings (SSSR count). The Morgan fingerprint density at radius 3 is 2.62 bits per heavy atom. The van der Waals surface area contributed by atoms with E-state index in [0.29, 0.717) is 25.3 Å². The van der Waals surface area contributed by atoms with Crippen LogP contribution in [0.2, 0.25) is 15.1 Å². The molecule has 0 bridgehead atoms. The number of amides is 1. The summed E-state index contributed by atoms with van der Waals surface area (Å²) in [5.74, 6) is 4.61. The molecule has 0 unspecified atom stereocenters. The summed E-state index contributed by atoms with van der Waals surface area (Å²) in [5.41, 5.74) is 2.03. The minimum absolute atomic E-state index is 0.296. The highest BCUT2D eigenvalue weighted by Gasteiger charge is 2.18. The van der Waals surface area contributed by atoms with Crippen molar-refractivity contribution in [2.24, 2.45) is 5.84 Å². The molecule has 1 aromatic carbocycles. The van der Waals surface area contributed by atoms with E-state index in [0.717, 1.165) is 4.70 Å². The van der Waals surface area contributed by atoms with Crippen LogP contribution in [0.5, 0.6) is 0 Å². The Kier molecular flexibility index (Phi) is 3.28. The monoisotopic (exact) mass is 294 g/mol. The Bertz CT molecular complexity index is 582. The van der Waals surface area contributed by atoms with Gasteiger partial charge in [-0.1, -0.05) is 34.8 Å². The van der Waals surface area contributed by atoms with Gasteiger partial charge in [0.1, 0.15) is 4.88 Å². The van der Waals surface area contributed by atoms with Crippen LogP contribution in [0, 0.1) is 0 Å². The van der Waals surface area contributed by atoms with Crippen molar-refractivity contribution >= 4 is 62.1 Å². The minimum Gasteiger partial charge on any atom is -0.289 e. The lowest BCUT2D eigenvalue weighted by atomic mass is 10.2. The van der Waals surface area contributed by atoms with Crippen LogP contribution in [-0.2, 0) is 0 Å². The first-order chi connectivity index (χ1) is 7.54. The second-order valence-electron chi connectivity index (χ2n) is 2.98. The molecule has 1 heterocycles. The third-order valence-electron chi connectivity index (χ3n) is 1.99. The van der Waals surface area contributed by atoms with Crippen molar-refractivity contribution in [1.29, 1.82) is 0 Å². The molecule has 0 aliphatic heterocycles. The molecule has 0 saturated carbocycles. The summed E-state index contributed by atoms with van der Waals surface area (Å²) in [4.78, 5) is 11.7. The van der Waals surface area contributed by atoms with Gasteiger partial charge in [0.15, 0.2) is 0 Å². The van der Waals surface area contributed by atoms with E-state index in [1.54, 1.807) is 12.1 Å². The van der Waals surface area contributed by atoms with Crippen LogP contribution in [0.25, 0.3) is 10.1 Å². The van der Waals surface area contributed by atoms with Gasteiger partial charge in [-0.3, -0.25) is 10.2 Å². The van der Waals surface area contributed by atoms with Crippen molar-refractivity contribution in [3.05, 3.63) is 32.1 Å². The molecule has 3 N–H and O–H groups in total. The number of carbonyl (C=O) groups excluding carboxylic acids is 1. The quantitative estimate of drug-likeness (QED) is 0.481. The lowest BCUT2D eigenvalue weighted by Crippen LogP contribution is -2.29. The highest BCUT2D eigenvalue weighted by atomic mass is 35.5. The Morgan fingerprint density at radius 2 is 2.00 bits per heavy atom. The van der Waals surface area contributed by atoms with Gasteiger partial charge in [0.2, 0.25) is 0 Å². The molecular formula is C9H5Cl3N2OS. The van der Waals surface area contributed by atoms with Crippen LogP contribution in [0.4, 0.5) is 0 Å². The number of rotatable bonds is 1. The number of nitrogen functional groups attached to an aromatic ring is 1. The average molecular weight is 296 g/mol. The highest BCUT2D eigenvalue weighted by Crippen LogP contribution is 2.40. The summed E-state index contributed by atoms with van der Waals surface area (Å²) in [6.07, 6.45) is 0. The number of fused-ring (bicyclic) bond motifs is 1. The maximum Gasteiger partial charge on any atom is 0.276 e. The summed E-state index contributed by atoms with van der Waals surface area (Å²) in [6.45, 7) is 0. The van der Waals surface area contributed by atoms with Crippen LogP contribution >= 0.6 is 46.1 Å². The number of hydrogen-bond donors (Lipinski definition) is 2. The summed E-state index contributed by atoms with van der Waals surface area (Å²) in [5, 5.41) is 1.83. The van der Waals surface area contributed by atoms with Crippen LogP contribution in [0.1, 0.15) is 9.67 Å². The summed E-state index contributed by atoms with van der Waals surface area (Å²) < 4.78 is 0.751. The molecule has 0 radical (unpaired) electrons. The summed E-state index contributed by atoms with van der Waals surface area (Å²) >= 11 is 19.1. The maximum absolute atomic E-state index is 11.4. The third-order valence-corrected chi connectivity index (χ3v) is 4.13. The van der Waals surface area contributed by atoms with Gasteiger partial charge in [-0.05, 0) is 12.1 Å². The smallest absolute Gasteiger partial charge is 0.276 e. The topological polar surface area (TPSA) is 55.1 Å². The van der Waals surface area contributed by atoms with Gasteiger partial charge in [0.05, 0.1) is 10.0 Å². The lowest BCUT2D eigenvalue weighted by molar-refractivity contribution is 0.0958. The first-order valence-corrected chi connectivity index (χ1v) is 6.07. The molecule has 7 heteroatoms. The number of hydrogen-bond acceptors (Lipinski definition) is 3. The number of thiophene rings is 1. The molecule has 0 fully saturated rings. The number of halogens is 3. The van der Waals surface area contributed by atoms with E-state index in [9.17, 15) is 4.79 Å². The zero-order valence-electron chi connectivity index (χ0n) is 7.68. The number of nitrogens with one attached hydrogen (secondary N) is 1. The molecule has 16 heavy (non-hydrogen) atoms. The van der Waals surface area contributed by atoms with Crippen molar-refractivity contribution < 1.29 is 4.79 Å². The van der Waals surface area contributed by atoms with Gasteiger partial charge in [-0.15, -0.1) is 11.3 Å². The van der Waals surface area contributed by atoms with Gasteiger partial charge in [-0.25, -0.2) is 5.84 Å². The van der Waals surface area contributed by atoms with Crippen molar-refractivity contribution in [3.8, 4) is 0 Å². The molecule has 0 atom stereocenters. The fourth-order valence-corrected chi connectivity index (χ4v) is 3.60. The molecule has 0 aliphatic rings. The van der Waals surface area contributed by atoms with E-state index in [1.807, 2.05) is 5.43 Å². The van der Waals surface area contributed by atoms with Crippen molar-refractivity contribution in [2.45, 2.75) is 0 Å². The normalized spacial score (nSPS) is 10.8. The predicted octanol–water partition coefficient (Wildman–Crippen LogP) is 3.47. The molecule has 3 nitrogen and oxygen atoms in total. The number of nitrogens with two attached hydrogens (primary N) is 1. The minimum atomic E-state index is -0.446. The molecule has 0 aliphatic carbocycles. The second-order valence-corrected chi connectivity index (χ2v) is 5.25. The van der Waals surface area contributed by atoms with E-state index < -0.39 is 5.91 Å². The predicted molar refractivity (Wildman–Crippen MR) is 68.5 cm³/mol. The Labute approximate surface area is 110 Å². The van der Waals surface area contributed by atoms with Crippen LogP contribution in [-0.4, -0.2) is 5.91 Å². The fourth-order valence-electron chi connectivity index (χ4n) is 1.32. The molecule has 0 saturated heterocycles. The molecule has 1 amide bonds. The summed E-state index contributed by atoms with van der Waals surface area (Å²) in [7, 11) is 0. The molecule has 2 aromatic rings. The van der Waals surface area contributed by atoms with E-state index in [-0.39, 0.29) is 0 Å². The molecule has 0 spiro atoms. The Hall–Kier alpha value is -0.520. The SMILES string of the molecule is NNC(=O)c1sc2cc(Cl)cc(Cl)c2c1Cl. The van der Waals surface area contributed by atoms with Crippen molar-refractivity contribution in [1.82, 2.24) is 5.43 Å². The van der Waals surface area contributed by atoms with Crippen LogP contribution < -0.4 is 11.3 Å². The van der Waals surface area contributed by atoms with Crippen LogP contribution in [0.15, 0.2) is 12.1 Å². The fraction of sp³-hybridized carbons (Fsp3) is 0. The van der Waals surface area contributed by atoms with Gasteiger partial charge < -0.3 is 0 Å². The largest absolute Gasteiger partial charge is 0.289 e. The van der Waals surface area contributed by atoms with Gasteiger partial charge >= 0.3 is 0 Å². The van der Waals surface area contributed by atoms with Crippen molar-refractivity contribution in [3.63, 3.8) is 0 Å². The number of benzene rings is 1. The average Bonchev–Trinajstić information content (AvgIpc) is 2.54. The maximum atomic E-state index is 11.4. The van der Waals surface area contributed by atoms with E-state index >= 15 is 0 Å². The van der Waals surface area contributed by atoms with E-state index in [1.165, 1.54) is 11.3 Å². The Balaban J connectivity index is 2.78. The highest BCUT2D eigenvalue weighted by molar-refractivity contribution is 7.21. The van der Waals surface area contributed by atoms with Crippen molar-refractivity contribution in [2.75, 3.05) is 0 Å². The summed E-state index contributed by atoms with van der Waals surface area (Å²) in [6, 6.07) is 3.28.